The van der Waals surface area contributed by atoms with Gasteiger partial charge in [-0.05, 0) is 91.0 Å². The molecule has 0 aliphatic carbocycles. The van der Waals surface area contributed by atoms with Gasteiger partial charge in [0, 0.05) is 60.8 Å². The second kappa shape index (κ2) is 11.2. The number of aromatic nitrogens is 2. The Morgan fingerprint density at radius 1 is 0.308 bits per heavy atom. The molecule has 0 amide bonds. The number of fused-ring (bicyclic) bond motifs is 9. The van der Waals surface area contributed by atoms with E-state index < -0.39 is 0 Å². The van der Waals surface area contributed by atoms with Crippen LogP contribution < -0.4 is 4.90 Å². The Bertz CT molecular complexity index is 3080. The fourth-order valence-corrected chi connectivity index (χ4v) is 8.21. The van der Waals surface area contributed by atoms with E-state index in [0.717, 1.165) is 55.9 Å². The summed E-state index contributed by atoms with van der Waals surface area (Å²) in [5, 5.41) is 7.18. The molecule has 0 aliphatic rings. The normalized spacial score (nSPS) is 11.8. The molecule has 0 atom stereocenters. The average molecular weight is 666 g/mol. The maximum atomic E-state index is 6.26. The molecule has 11 aromatic rings. The zero-order valence-corrected chi connectivity index (χ0v) is 28.1. The highest BCUT2D eigenvalue weighted by molar-refractivity contribution is 6.11. The van der Waals surface area contributed by atoms with E-state index in [-0.39, 0.29) is 0 Å². The summed E-state index contributed by atoms with van der Waals surface area (Å²) >= 11 is 0. The van der Waals surface area contributed by atoms with Crippen LogP contribution in [0.2, 0.25) is 0 Å². The maximum absolute atomic E-state index is 6.26. The predicted octanol–water partition coefficient (Wildman–Crippen LogP) is 13.2. The topological polar surface area (TPSA) is 26.2 Å². The van der Waals surface area contributed by atoms with Crippen molar-refractivity contribution in [3.8, 4) is 11.4 Å². The molecule has 0 N–H and O–H groups in total. The first-order chi connectivity index (χ1) is 25.8. The minimum Gasteiger partial charge on any atom is -0.456 e. The van der Waals surface area contributed by atoms with E-state index in [1.165, 1.54) is 38.1 Å². The quantitative estimate of drug-likeness (QED) is 0.183. The molecular formula is C48H31N3O. The molecule has 0 aliphatic heterocycles. The molecular weight excluding hydrogens is 635 g/mol. The first kappa shape index (κ1) is 28.8. The van der Waals surface area contributed by atoms with Gasteiger partial charge in [-0.1, -0.05) is 97.1 Å². The molecule has 0 unspecified atom stereocenters. The SMILES string of the molecule is c1ccc(-n2c3ccccc3c3ccc(N(c4ccc(-n5c6ccccc6c6ccccc65)cc4)c4ccc5oc6ccccc6c5c4)cc32)cc1. The van der Waals surface area contributed by atoms with E-state index >= 15 is 0 Å². The second-order valence-corrected chi connectivity index (χ2v) is 13.4. The summed E-state index contributed by atoms with van der Waals surface area (Å²) < 4.78 is 11.0. The molecule has 52 heavy (non-hydrogen) atoms. The molecule has 3 heterocycles. The molecule has 4 nitrogen and oxygen atoms in total. The molecule has 11 rings (SSSR count). The number of furan rings is 1. The van der Waals surface area contributed by atoms with Crippen molar-refractivity contribution in [3.05, 3.63) is 188 Å². The van der Waals surface area contributed by atoms with E-state index in [1.807, 2.05) is 12.1 Å². The van der Waals surface area contributed by atoms with Crippen molar-refractivity contribution in [1.82, 2.24) is 9.13 Å². The van der Waals surface area contributed by atoms with E-state index in [0.29, 0.717) is 0 Å². The summed E-state index contributed by atoms with van der Waals surface area (Å²) in [4.78, 5) is 2.36. The molecule has 8 aromatic carbocycles. The van der Waals surface area contributed by atoms with Crippen LogP contribution in [0.25, 0.3) is 76.9 Å². The number of anilines is 3. The van der Waals surface area contributed by atoms with Crippen LogP contribution in [-0.2, 0) is 0 Å². The van der Waals surface area contributed by atoms with Crippen molar-refractivity contribution in [3.63, 3.8) is 0 Å². The van der Waals surface area contributed by atoms with E-state index in [2.05, 4.69) is 190 Å². The zero-order chi connectivity index (χ0) is 34.2. The summed E-state index contributed by atoms with van der Waals surface area (Å²) in [5.41, 5.74) is 12.0. The standard InChI is InChI=1S/C48H31N3O/c1-2-12-32(13-3-1)51-45-20-10-6-16-39(45)40-28-26-36(31-46(40)51)49(35-27-29-48-42(30-35)41-17-7-11-21-47(41)52-48)33-22-24-34(25-23-33)50-43-18-8-4-14-37(43)38-15-5-9-19-44(38)50/h1-31H. The number of hydrogen-bond donors (Lipinski definition) is 0. The summed E-state index contributed by atoms with van der Waals surface area (Å²) in [6.45, 7) is 0. The Morgan fingerprint density at radius 2 is 0.769 bits per heavy atom. The van der Waals surface area contributed by atoms with Crippen molar-refractivity contribution in [2.45, 2.75) is 0 Å². The van der Waals surface area contributed by atoms with Crippen LogP contribution in [0.15, 0.2) is 192 Å². The Hall–Kier alpha value is -7.04. The van der Waals surface area contributed by atoms with Gasteiger partial charge in [0.1, 0.15) is 11.2 Å². The Balaban J connectivity index is 1.14. The number of nitrogens with zero attached hydrogens (tertiary/aromatic N) is 3. The van der Waals surface area contributed by atoms with Gasteiger partial charge in [0.05, 0.1) is 22.1 Å². The maximum Gasteiger partial charge on any atom is 0.135 e. The van der Waals surface area contributed by atoms with Crippen LogP contribution >= 0.6 is 0 Å². The van der Waals surface area contributed by atoms with E-state index in [9.17, 15) is 0 Å². The lowest BCUT2D eigenvalue weighted by Gasteiger charge is -2.26. The number of hydrogen-bond acceptors (Lipinski definition) is 2. The van der Waals surface area contributed by atoms with Gasteiger partial charge in [-0.3, -0.25) is 0 Å². The van der Waals surface area contributed by atoms with Crippen molar-refractivity contribution >= 4 is 82.6 Å². The Kier molecular flexibility index (Phi) is 6.22. The lowest BCUT2D eigenvalue weighted by molar-refractivity contribution is 0.669. The lowest BCUT2D eigenvalue weighted by atomic mass is 10.1. The molecule has 3 aromatic heterocycles. The minimum absolute atomic E-state index is 0.881. The van der Waals surface area contributed by atoms with Crippen molar-refractivity contribution in [2.75, 3.05) is 4.90 Å². The molecule has 0 fully saturated rings. The minimum atomic E-state index is 0.881. The van der Waals surface area contributed by atoms with Gasteiger partial charge >= 0.3 is 0 Å². The lowest BCUT2D eigenvalue weighted by Crippen LogP contribution is -2.10. The first-order valence-corrected chi connectivity index (χ1v) is 17.7. The third-order valence-electron chi connectivity index (χ3n) is 10.5. The molecule has 4 heteroatoms. The van der Waals surface area contributed by atoms with E-state index in [1.54, 1.807) is 0 Å². The smallest absolute Gasteiger partial charge is 0.135 e. The van der Waals surface area contributed by atoms with Gasteiger partial charge in [0.25, 0.3) is 0 Å². The Labute approximate surface area is 299 Å². The van der Waals surface area contributed by atoms with Gasteiger partial charge in [-0.25, -0.2) is 0 Å². The highest BCUT2D eigenvalue weighted by atomic mass is 16.3. The summed E-state index contributed by atoms with van der Waals surface area (Å²) in [7, 11) is 0. The van der Waals surface area contributed by atoms with Gasteiger partial charge < -0.3 is 18.5 Å². The van der Waals surface area contributed by atoms with E-state index in [4.69, 9.17) is 4.42 Å². The summed E-state index contributed by atoms with van der Waals surface area (Å²) in [6, 6.07) is 67.3. The summed E-state index contributed by atoms with van der Waals surface area (Å²) in [6.07, 6.45) is 0. The average Bonchev–Trinajstić information content (AvgIpc) is 3.86. The Morgan fingerprint density at radius 3 is 1.44 bits per heavy atom. The van der Waals surface area contributed by atoms with Crippen LogP contribution in [0.4, 0.5) is 17.1 Å². The third kappa shape index (κ3) is 4.28. The van der Waals surface area contributed by atoms with Crippen LogP contribution in [0.3, 0.4) is 0 Å². The molecule has 244 valence electrons. The monoisotopic (exact) mass is 665 g/mol. The number of benzene rings is 8. The number of para-hydroxylation sites is 5. The fourth-order valence-electron chi connectivity index (χ4n) is 8.21. The van der Waals surface area contributed by atoms with Crippen LogP contribution in [-0.4, -0.2) is 9.13 Å². The molecule has 0 saturated carbocycles. The van der Waals surface area contributed by atoms with Crippen LogP contribution in [0.1, 0.15) is 0 Å². The number of rotatable bonds is 5. The fraction of sp³-hybridized carbons (Fsp3) is 0. The molecule has 0 spiro atoms. The summed E-state index contributed by atoms with van der Waals surface area (Å²) in [5.74, 6) is 0. The van der Waals surface area contributed by atoms with Gasteiger partial charge in [-0.2, -0.15) is 0 Å². The third-order valence-corrected chi connectivity index (χ3v) is 10.5. The van der Waals surface area contributed by atoms with Crippen molar-refractivity contribution < 1.29 is 4.42 Å². The zero-order valence-electron chi connectivity index (χ0n) is 28.1. The first-order valence-electron chi connectivity index (χ1n) is 17.7. The van der Waals surface area contributed by atoms with Gasteiger partial charge in [0.15, 0.2) is 0 Å². The van der Waals surface area contributed by atoms with Crippen LogP contribution in [0, 0.1) is 0 Å². The molecule has 0 radical (unpaired) electrons. The van der Waals surface area contributed by atoms with Gasteiger partial charge in [-0.15, -0.1) is 0 Å². The highest BCUT2D eigenvalue weighted by Gasteiger charge is 2.20. The van der Waals surface area contributed by atoms with Crippen molar-refractivity contribution in [1.29, 1.82) is 0 Å². The largest absolute Gasteiger partial charge is 0.456 e. The second-order valence-electron chi connectivity index (χ2n) is 13.4. The van der Waals surface area contributed by atoms with Crippen molar-refractivity contribution in [2.24, 2.45) is 0 Å². The highest BCUT2D eigenvalue weighted by Crippen LogP contribution is 2.42. The van der Waals surface area contributed by atoms with Crippen LogP contribution in [0.5, 0.6) is 0 Å². The predicted molar refractivity (Wildman–Crippen MR) is 217 cm³/mol. The molecule has 0 saturated heterocycles. The van der Waals surface area contributed by atoms with Gasteiger partial charge in [0.2, 0.25) is 0 Å². The molecule has 0 bridgehead atoms.